The number of halogens is 3. The second-order valence-electron chi connectivity index (χ2n) is 5.02. The van der Waals surface area contributed by atoms with Crippen LogP contribution in [0.4, 0.5) is 13.2 Å². The summed E-state index contributed by atoms with van der Waals surface area (Å²) in [6.45, 7) is 2.90. The minimum absolute atomic E-state index is 0.0343. The maximum Gasteiger partial charge on any atom is 0.437 e. The molecule has 2 heterocycles. The number of esters is 1. The van der Waals surface area contributed by atoms with Gasteiger partial charge in [0.15, 0.2) is 5.11 Å². The number of furan rings is 1. The molecule has 128 valence electrons. The predicted molar refractivity (Wildman–Crippen MR) is 76.2 cm³/mol. The SMILES string of the molecule is CCOC(=O)[C@@H]1[C@@H](c2ccc(C)o2)NC(=S)N[C@]1(O)C(F)(F)F. The lowest BCUT2D eigenvalue weighted by molar-refractivity contribution is -0.292. The van der Waals surface area contributed by atoms with Crippen molar-refractivity contribution in [3.05, 3.63) is 23.7 Å². The lowest BCUT2D eigenvalue weighted by atomic mass is 9.84. The molecule has 23 heavy (non-hydrogen) atoms. The van der Waals surface area contributed by atoms with Gasteiger partial charge in [0.1, 0.15) is 23.5 Å². The zero-order valence-electron chi connectivity index (χ0n) is 12.2. The minimum atomic E-state index is -5.17. The Bertz CT molecular complexity index is 619. The maximum atomic E-state index is 13.4. The molecular weight excluding hydrogens is 337 g/mol. The Labute approximate surface area is 135 Å². The van der Waals surface area contributed by atoms with Crippen LogP contribution < -0.4 is 10.6 Å². The second-order valence-corrected chi connectivity index (χ2v) is 5.43. The molecule has 3 N–H and O–H groups in total. The van der Waals surface area contributed by atoms with E-state index < -0.39 is 34.9 Å². The normalized spacial score (nSPS) is 28.0. The molecule has 1 fully saturated rings. The van der Waals surface area contributed by atoms with Gasteiger partial charge in [-0.1, -0.05) is 0 Å². The van der Waals surface area contributed by atoms with Gasteiger partial charge in [0, 0.05) is 0 Å². The summed E-state index contributed by atoms with van der Waals surface area (Å²) in [7, 11) is 0. The molecule has 2 rings (SSSR count). The van der Waals surface area contributed by atoms with Crippen molar-refractivity contribution in [1.82, 2.24) is 10.6 Å². The third-order valence-electron chi connectivity index (χ3n) is 3.41. The zero-order valence-corrected chi connectivity index (χ0v) is 13.0. The molecule has 0 radical (unpaired) electrons. The van der Waals surface area contributed by atoms with Gasteiger partial charge < -0.3 is 24.9 Å². The average Bonchev–Trinajstić information content (AvgIpc) is 2.83. The van der Waals surface area contributed by atoms with E-state index in [1.807, 2.05) is 0 Å². The number of aliphatic hydroxyl groups is 1. The lowest BCUT2D eigenvalue weighted by Gasteiger charge is -2.44. The van der Waals surface area contributed by atoms with E-state index in [2.05, 4.69) is 5.32 Å². The smallest absolute Gasteiger partial charge is 0.437 e. The molecule has 1 saturated heterocycles. The molecule has 0 amide bonds. The number of rotatable bonds is 3. The summed E-state index contributed by atoms with van der Waals surface area (Å²) in [5.41, 5.74) is -3.58. The first-order chi connectivity index (χ1) is 10.6. The van der Waals surface area contributed by atoms with Gasteiger partial charge in [0.2, 0.25) is 0 Å². The van der Waals surface area contributed by atoms with Crippen LogP contribution in [0.1, 0.15) is 24.5 Å². The van der Waals surface area contributed by atoms with Crippen LogP contribution in [0.3, 0.4) is 0 Å². The highest BCUT2D eigenvalue weighted by Crippen LogP contribution is 2.43. The highest BCUT2D eigenvalue weighted by molar-refractivity contribution is 7.80. The number of thiocarbonyl (C=S) groups is 1. The Hall–Kier alpha value is -1.81. The van der Waals surface area contributed by atoms with E-state index in [-0.39, 0.29) is 12.4 Å². The van der Waals surface area contributed by atoms with E-state index >= 15 is 0 Å². The summed E-state index contributed by atoms with van der Waals surface area (Å²) in [4.78, 5) is 12.1. The van der Waals surface area contributed by atoms with Crippen LogP contribution in [-0.4, -0.2) is 34.7 Å². The average molecular weight is 352 g/mol. The van der Waals surface area contributed by atoms with E-state index in [1.54, 1.807) is 12.2 Å². The number of carbonyl (C=O) groups excluding carboxylic acids is 1. The van der Waals surface area contributed by atoms with E-state index in [0.717, 1.165) is 0 Å². The number of hydrogen-bond acceptors (Lipinski definition) is 5. The Kier molecular flexibility index (Phi) is 4.58. The first kappa shape index (κ1) is 17.5. The molecule has 1 aromatic heterocycles. The number of alkyl halides is 3. The Balaban J connectivity index is 2.53. The first-order valence-corrected chi connectivity index (χ1v) is 7.11. The highest BCUT2D eigenvalue weighted by atomic mass is 32.1. The van der Waals surface area contributed by atoms with Crippen molar-refractivity contribution in [2.75, 3.05) is 6.61 Å². The number of nitrogens with one attached hydrogen (secondary N) is 2. The Morgan fingerprint density at radius 3 is 2.65 bits per heavy atom. The van der Waals surface area contributed by atoms with Crippen molar-refractivity contribution in [3.63, 3.8) is 0 Å². The van der Waals surface area contributed by atoms with E-state index in [0.29, 0.717) is 5.76 Å². The molecular formula is C13H15F3N2O4S. The first-order valence-electron chi connectivity index (χ1n) is 6.71. The van der Waals surface area contributed by atoms with E-state index in [9.17, 15) is 23.1 Å². The molecule has 6 nitrogen and oxygen atoms in total. The van der Waals surface area contributed by atoms with Gasteiger partial charge in [-0.25, -0.2) is 0 Å². The number of aryl methyl sites for hydroxylation is 1. The fourth-order valence-corrected chi connectivity index (χ4v) is 2.68. The highest BCUT2D eigenvalue weighted by Gasteiger charge is 2.67. The number of carbonyl (C=O) groups is 1. The Morgan fingerprint density at radius 2 is 2.17 bits per heavy atom. The molecule has 0 spiro atoms. The minimum Gasteiger partial charge on any atom is -0.466 e. The second kappa shape index (κ2) is 6.00. The quantitative estimate of drug-likeness (QED) is 0.562. The summed E-state index contributed by atoms with van der Waals surface area (Å²) in [6.07, 6.45) is -5.17. The fourth-order valence-electron chi connectivity index (χ4n) is 2.39. The molecule has 0 bridgehead atoms. The zero-order chi connectivity index (χ0) is 17.4. The van der Waals surface area contributed by atoms with Gasteiger partial charge in [-0.15, -0.1) is 0 Å². The van der Waals surface area contributed by atoms with Crippen LogP contribution in [0.5, 0.6) is 0 Å². The predicted octanol–water partition coefficient (Wildman–Crippen LogP) is 1.54. The standard InChI is InChI=1S/C13H15F3N2O4S/c1-3-21-10(19)8-9(7-5-4-6(2)22-7)17-11(23)18-12(8,20)13(14,15)16/h4-5,8-9,20H,3H2,1-2H3,(H2,17,18,23)/t8-,9+,12+/m0/s1. The maximum absolute atomic E-state index is 13.4. The van der Waals surface area contributed by atoms with Gasteiger partial charge in [-0.3, -0.25) is 4.79 Å². The van der Waals surface area contributed by atoms with Crippen LogP contribution in [0.2, 0.25) is 0 Å². The van der Waals surface area contributed by atoms with E-state index in [1.165, 1.54) is 19.1 Å². The largest absolute Gasteiger partial charge is 0.466 e. The molecule has 1 aliphatic rings. The molecule has 1 aromatic rings. The number of hydrogen-bond donors (Lipinski definition) is 3. The molecule has 0 aliphatic carbocycles. The topological polar surface area (TPSA) is 83.7 Å². The van der Waals surface area contributed by atoms with Gasteiger partial charge in [0.25, 0.3) is 5.72 Å². The monoisotopic (exact) mass is 352 g/mol. The molecule has 1 aliphatic heterocycles. The van der Waals surface area contributed by atoms with Crippen LogP contribution >= 0.6 is 12.2 Å². The van der Waals surface area contributed by atoms with Crippen LogP contribution in [0.15, 0.2) is 16.5 Å². The van der Waals surface area contributed by atoms with Crippen molar-refractivity contribution in [2.45, 2.75) is 31.8 Å². The van der Waals surface area contributed by atoms with Crippen molar-refractivity contribution in [1.29, 1.82) is 0 Å². The van der Waals surface area contributed by atoms with Crippen LogP contribution in [0.25, 0.3) is 0 Å². The van der Waals surface area contributed by atoms with Crippen molar-refractivity contribution >= 4 is 23.3 Å². The number of ether oxygens (including phenoxy) is 1. The van der Waals surface area contributed by atoms with Crippen LogP contribution in [0, 0.1) is 12.8 Å². The van der Waals surface area contributed by atoms with Gasteiger partial charge in [-0.2, -0.15) is 13.2 Å². The lowest BCUT2D eigenvalue weighted by Crippen LogP contribution is -2.72. The molecule has 10 heteroatoms. The van der Waals surface area contributed by atoms with Gasteiger partial charge >= 0.3 is 12.1 Å². The fraction of sp³-hybridized carbons (Fsp3) is 0.538. The van der Waals surface area contributed by atoms with Gasteiger partial charge in [0.05, 0.1) is 6.61 Å². The summed E-state index contributed by atoms with van der Waals surface area (Å²) in [5, 5.41) is 14.0. The van der Waals surface area contributed by atoms with Crippen molar-refractivity contribution in [3.8, 4) is 0 Å². The molecule has 0 aromatic carbocycles. The molecule has 3 atom stereocenters. The van der Waals surface area contributed by atoms with Crippen molar-refractivity contribution in [2.24, 2.45) is 5.92 Å². The summed E-state index contributed by atoms with van der Waals surface area (Å²) >= 11 is 4.74. The summed E-state index contributed by atoms with van der Waals surface area (Å²) < 4.78 is 50.2. The summed E-state index contributed by atoms with van der Waals surface area (Å²) in [5.74, 6) is -2.80. The summed E-state index contributed by atoms with van der Waals surface area (Å²) in [6, 6.07) is 1.60. The van der Waals surface area contributed by atoms with E-state index in [4.69, 9.17) is 21.4 Å². The van der Waals surface area contributed by atoms with Gasteiger partial charge in [-0.05, 0) is 38.2 Å². The molecule has 0 saturated carbocycles. The third kappa shape index (κ3) is 3.13. The van der Waals surface area contributed by atoms with Crippen LogP contribution in [-0.2, 0) is 9.53 Å². The third-order valence-corrected chi connectivity index (χ3v) is 3.63. The Morgan fingerprint density at radius 1 is 1.52 bits per heavy atom. The van der Waals surface area contributed by atoms with Crippen molar-refractivity contribution < 1.29 is 32.2 Å². The molecule has 0 unspecified atom stereocenters.